The molecule has 0 spiro atoms. The molecule has 26 heavy (non-hydrogen) atoms. The zero-order valence-electron chi connectivity index (χ0n) is 14.5. The maximum atomic E-state index is 12.3. The molecule has 0 unspecified atom stereocenters. The highest BCUT2D eigenvalue weighted by Gasteiger charge is 2.20. The smallest absolute Gasteiger partial charge is 0.243 e. The van der Waals surface area contributed by atoms with Gasteiger partial charge in [0.15, 0.2) is 0 Å². The average molecular weight is 416 g/mol. The largest absolute Gasteiger partial charge is 0.376 e. The normalized spacial score (nSPS) is 11.5. The minimum Gasteiger partial charge on any atom is -0.376 e. The molecule has 0 fully saturated rings. The Morgan fingerprint density at radius 1 is 1.15 bits per heavy atom. The second kappa shape index (κ2) is 8.26. The minimum atomic E-state index is -3.57. The van der Waals surface area contributed by atoms with Crippen LogP contribution in [-0.4, -0.2) is 39.3 Å². The van der Waals surface area contributed by atoms with E-state index in [0.717, 1.165) is 4.31 Å². The van der Waals surface area contributed by atoms with Crippen LogP contribution in [-0.2, 0) is 14.8 Å². The van der Waals surface area contributed by atoms with Crippen molar-refractivity contribution < 1.29 is 13.2 Å². The Kier molecular flexibility index (Phi) is 6.52. The van der Waals surface area contributed by atoms with Crippen molar-refractivity contribution >= 4 is 50.5 Å². The lowest BCUT2D eigenvalue weighted by atomic mass is 10.2. The van der Waals surface area contributed by atoms with Crippen LogP contribution in [0.3, 0.4) is 0 Å². The SMILES string of the molecule is Cc1ccc(NCC(=O)Nc2cccc(Cl)c2Cl)cc1S(=O)(=O)N(C)C. The fraction of sp³-hybridized carbons (Fsp3) is 0.235. The summed E-state index contributed by atoms with van der Waals surface area (Å²) in [6.45, 7) is 1.65. The van der Waals surface area contributed by atoms with E-state index in [2.05, 4.69) is 10.6 Å². The van der Waals surface area contributed by atoms with Crippen molar-refractivity contribution in [3.63, 3.8) is 0 Å². The van der Waals surface area contributed by atoms with Crippen LogP contribution in [0.5, 0.6) is 0 Å². The minimum absolute atomic E-state index is 0.0621. The van der Waals surface area contributed by atoms with Crippen LogP contribution in [0, 0.1) is 6.92 Å². The van der Waals surface area contributed by atoms with Gasteiger partial charge in [0, 0.05) is 19.8 Å². The van der Waals surface area contributed by atoms with Gasteiger partial charge in [-0.1, -0.05) is 35.3 Å². The third kappa shape index (κ3) is 4.67. The van der Waals surface area contributed by atoms with Crippen molar-refractivity contribution in [3.05, 3.63) is 52.0 Å². The van der Waals surface area contributed by atoms with Gasteiger partial charge in [-0.05, 0) is 36.8 Å². The molecule has 0 aliphatic rings. The van der Waals surface area contributed by atoms with Crippen LogP contribution in [0.1, 0.15) is 5.56 Å². The van der Waals surface area contributed by atoms with Crippen LogP contribution >= 0.6 is 23.2 Å². The Morgan fingerprint density at radius 2 is 1.85 bits per heavy atom. The summed E-state index contributed by atoms with van der Waals surface area (Å²) < 4.78 is 25.8. The van der Waals surface area contributed by atoms with E-state index in [9.17, 15) is 13.2 Å². The number of carbonyl (C=O) groups is 1. The molecule has 0 saturated carbocycles. The van der Waals surface area contributed by atoms with E-state index in [-0.39, 0.29) is 22.4 Å². The van der Waals surface area contributed by atoms with Gasteiger partial charge in [0.2, 0.25) is 15.9 Å². The monoisotopic (exact) mass is 415 g/mol. The molecule has 0 atom stereocenters. The number of sulfonamides is 1. The number of nitrogens with one attached hydrogen (secondary N) is 2. The molecule has 0 saturated heterocycles. The van der Waals surface area contributed by atoms with E-state index in [4.69, 9.17) is 23.2 Å². The second-order valence-electron chi connectivity index (χ2n) is 5.77. The molecule has 9 heteroatoms. The van der Waals surface area contributed by atoms with E-state index in [0.29, 0.717) is 22.0 Å². The highest BCUT2D eigenvalue weighted by molar-refractivity contribution is 7.89. The predicted octanol–water partition coefficient (Wildman–Crippen LogP) is 3.60. The first-order valence-corrected chi connectivity index (χ1v) is 9.83. The van der Waals surface area contributed by atoms with Crippen LogP contribution in [0.2, 0.25) is 10.0 Å². The number of benzene rings is 2. The fourth-order valence-corrected chi connectivity index (χ4v) is 3.65. The summed E-state index contributed by atoms with van der Waals surface area (Å²) >= 11 is 11.9. The lowest BCUT2D eigenvalue weighted by molar-refractivity contribution is -0.114. The topological polar surface area (TPSA) is 78.5 Å². The molecule has 0 bridgehead atoms. The van der Waals surface area contributed by atoms with Crippen molar-refractivity contribution in [2.24, 2.45) is 0 Å². The van der Waals surface area contributed by atoms with E-state index < -0.39 is 10.0 Å². The first-order valence-electron chi connectivity index (χ1n) is 7.64. The molecular weight excluding hydrogens is 397 g/mol. The Morgan fingerprint density at radius 3 is 2.50 bits per heavy atom. The van der Waals surface area contributed by atoms with Gasteiger partial charge in [0.05, 0.1) is 27.2 Å². The Labute approximate surface area is 163 Å². The molecule has 2 N–H and O–H groups in total. The van der Waals surface area contributed by atoms with Crippen LogP contribution in [0.15, 0.2) is 41.3 Å². The molecule has 1 amide bonds. The van der Waals surface area contributed by atoms with Gasteiger partial charge in [0.25, 0.3) is 0 Å². The van der Waals surface area contributed by atoms with Gasteiger partial charge in [-0.25, -0.2) is 12.7 Å². The maximum Gasteiger partial charge on any atom is 0.243 e. The number of aryl methyl sites for hydroxylation is 1. The van der Waals surface area contributed by atoms with Gasteiger partial charge >= 0.3 is 0 Å². The van der Waals surface area contributed by atoms with E-state index in [1.165, 1.54) is 20.2 Å². The molecular formula is C17H19Cl2N3O3S. The molecule has 0 radical (unpaired) electrons. The zero-order valence-corrected chi connectivity index (χ0v) is 16.8. The van der Waals surface area contributed by atoms with Crippen molar-refractivity contribution in [1.82, 2.24) is 4.31 Å². The summed E-state index contributed by atoms with van der Waals surface area (Å²) in [6.07, 6.45) is 0. The quantitative estimate of drug-likeness (QED) is 0.754. The summed E-state index contributed by atoms with van der Waals surface area (Å²) in [5, 5.41) is 6.16. The summed E-state index contributed by atoms with van der Waals surface area (Å²) in [7, 11) is -0.628. The van der Waals surface area contributed by atoms with Crippen LogP contribution in [0.25, 0.3) is 0 Å². The third-order valence-electron chi connectivity index (χ3n) is 3.63. The van der Waals surface area contributed by atoms with Crippen molar-refractivity contribution in [2.45, 2.75) is 11.8 Å². The number of anilines is 2. The van der Waals surface area contributed by atoms with Gasteiger partial charge in [-0.3, -0.25) is 4.79 Å². The molecule has 2 aromatic carbocycles. The molecule has 2 rings (SSSR count). The number of hydrogen-bond acceptors (Lipinski definition) is 4. The molecule has 0 heterocycles. The van der Waals surface area contributed by atoms with Gasteiger partial charge in [-0.2, -0.15) is 0 Å². The molecule has 0 aliphatic heterocycles. The standard InChI is InChI=1S/C17H19Cl2N3O3S/c1-11-7-8-12(9-15(11)26(24,25)22(2)3)20-10-16(23)21-14-6-4-5-13(18)17(14)19/h4-9,20H,10H2,1-3H3,(H,21,23). The first kappa shape index (κ1) is 20.5. The Hall–Kier alpha value is -1.80. The van der Waals surface area contributed by atoms with Crippen molar-refractivity contribution in [3.8, 4) is 0 Å². The highest BCUT2D eigenvalue weighted by atomic mass is 35.5. The zero-order chi connectivity index (χ0) is 19.5. The number of hydrogen-bond donors (Lipinski definition) is 2. The lowest BCUT2D eigenvalue weighted by Crippen LogP contribution is -2.24. The summed E-state index contributed by atoms with van der Waals surface area (Å²) in [5.41, 5.74) is 1.55. The Bertz CT molecular complexity index is 931. The number of halogens is 2. The van der Waals surface area contributed by atoms with Crippen molar-refractivity contribution in [1.29, 1.82) is 0 Å². The third-order valence-corrected chi connectivity index (χ3v) is 6.40. The summed E-state index contributed by atoms with van der Waals surface area (Å²) in [4.78, 5) is 12.3. The molecule has 2 aromatic rings. The maximum absolute atomic E-state index is 12.3. The summed E-state index contributed by atoms with van der Waals surface area (Å²) in [5.74, 6) is -0.341. The van der Waals surface area contributed by atoms with Gasteiger partial charge in [0.1, 0.15) is 0 Å². The first-order chi connectivity index (χ1) is 12.1. The number of nitrogens with zero attached hydrogens (tertiary/aromatic N) is 1. The average Bonchev–Trinajstić information content (AvgIpc) is 2.58. The number of carbonyl (C=O) groups excluding carboxylic acids is 1. The molecule has 6 nitrogen and oxygen atoms in total. The van der Waals surface area contributed by atoms with Crippen LogP contribution < -0.4 is 10.6 Å². The number of amides is 1. The summed E-state index contributed by atoms with van der Waals surface area (Å²) in [6, 6.07) is 9.84. The molecule has 0 aromatic heterocycles. The highest BCUT2D eigenvalue weighted by Crippen LogP contribution is 2.29. The lowest BCUT2D eigenvalue weighted by Gasteiger charge is -2.15. The van der Waals surface area contributed by atoms with E-state index in [1.54, 1.807) is 37.3 Å². The van der Waals surface area contributed by atoms with Gasteiger partial charge < -0.3 is 10.6 Å². The second-order valence-corrected chi connectivity index (χ2v) is 8.68. The molecule has 140 valence electrons. The fourth-order valence-electron chi connectivity index (χ4n) is 2.16. The van der Waals surface area contributed by atoms with E-state index in [1.807, 2.05) is 0 Å². The Balaban J connectivity index is 2.10. The van der Waals surface area contributed by atoms with Crippen molar-refractivity contribution in [2.75, 3.05) is 31.3 Å². The van der Waals surface area contributed by atoms with E-state index >= 15 is 0 Å². The van der Waals surface area contributed by atoms with Gasteiger partial charge in [-0.15, -0.1) is 0 Å². The molecule has 0 aliphatic carbocycles. The number of rotatable bonds is 6. The predicted molar refractivity (Wildman–Crippen MR) is 106 cm³/mol. The van der Waals surface area contributed by atoms with Crippen LogP contribution in [0.4, 0.5) is 11.4 Å².